The van der Waals surface area contributed by atoms with Gasteiger partial charge in [0.2, 0.25) is 0 Å². The molecule has 1 amide bonds. The molecule has 0 bridgehead atoms. The van der Waals surface area contributed by atoms with Crippen LogP contribution in [0.25, 0.3) is 5.57 Å². The van der Waals surface area contributed by atoms with Crippen molar-refractivity contribution >= 4 is 23.4 Å². The number of hydroxylamine groups is 1. The lowest BCUT2D eigenvalue weighted by Gasteiger charge is -2.37. The highest BCUT2D eigenvalue weighted by molar-refractivity contribution is 7.97. The first-order valence-corrected chi connectivity index (χ1v) is 14.8. The second kappa shape index (κ2) is 23.9. The SMILES string of the molecule is C/C=C(\C)c1ccccc1.CC1(C)CCN(C(=O)c2cccc(OC(F)(F)F)c2)CC1.CCNSCC.CNO.CO. The van der Waals surface area contributed by atoms with Gasteiger partial charge in [0.1, 0.15) is 5.75 Å². The number of halogens is 3. The fourth-order valence-electron chi connectivity index (χ4n) is 3.40. The summed E-state index contributed by atoms with van der Waals surface area (Å²) in [6.45, 7) is 15.0. The number of alkyl halides is 3. The number of ether oxygens (including phenoxy) is 1. The third-order valence-electron chi connectivity index (χ3n) is 5.77. The Morgan fingerprint density at radius 2 is 1.57 bits per heavy atom. The van der Waals surface area contributed by atoms with Crippen LogP contribution >= 0.6 is 11.9 Å². The van der Waals surface area contributed by atoms with Gasteiger partial charge in [-0.1, -0.05) is 82.1 Å². The molecule has 4 N–H and O–H groups in total. The van der Waals surface area contributed by atoms with Gasteiger partial charge in [-0.15, -0.1) is 13.2 Å². The Balaban J connectivity index is 0. The fraction of sp³-hybridized carbons (Fsp3) is 0.516. The van der Waals surface area contributed by atoms with Crippen molar-refractivity contribution in [3.63, 3.8) is 0 Å². The van der Waals surface area contributed by atoms with Crippen LogP contribution in [-0.2, 0) is 0 Å². The highest BCUT2D eigenvalue weighted by Crippen LogP contribution is 2.31. The lowest BCUT2D eigenvalue weighted by molar-refractivity contribution is -0.274. The van der Waals surface area contributed by atoms with Gasteiger partial charge in [-0.3, -0.25) is 9.52 Å². The number of carbonyl (C=O) groups is 1. The molecule has 1 fully saturated rings. The van der Waals surface area contributed by atoms with E-state index >= 15 is 0 Å². The Hall–Kier alpha value is -2.57. The van der Waals surface area contributed by atoms with Crippen LogP contribution in [0.3, 0.4) is 0 Å². The van der Waals surface area contributed by atoms with Crippen LogP contribution < -0.4 is 14.9 Å². The fourth-order valence-corrected chi connectivity index (χ4v) is 3.80. The van der Waals surface area contributed by atoms with Crippen molar-refractivity contribution in [2.24, 2.45) is 5.41 Å². The normalized spacial score (nSPS) is 13.8. The van der Waals surface area contributed by atoms with Crippen LogP contribution in [-0.4, -0.2) is 67.0 Å². The molecule has 0 aliphatic carbocycles. The number of hydrogen-bond donors (Lipinski definition) is 4. The van der Waals surface area contributed by atoms with Crippen LogP contribution in [0.5, 0.6) is 5.75 Å². The van der Waals surface area contributed by atoms with Gasteiger partial charge in [0.15, 0.2) is 0 Å². The van der Waals surface area contributed by atoms with Crippen LogP contribution in [0.1, 0.15) is 70.3 Å². The van der Waals surface area contributed by atoms with Crippen molar-refractivity contribution in [1.82, 2.24) is 15.1 Å². The van der Waals surface area contributed by atoms with Gasteiger partial charge < -0.3 is 20.0 Å². The van der Waals surface area contributed by atoms with E-state index in [1.807, 2.05) is 6.07 Å². The number of allylic oxidation sites excluding steroid dienone is 2. The molecule has 11 heteroatoms. The van der Waals surface area contributed by atoms with Gasteiger partial charge in [0, 0.05) is 45.1 Å². The van der Waals surface area contributed by atoms with E-state index in [0.29, 0.717) is 13.1 Å². The molecule has 1 heterocycles. The summed E-state index contributed by atoms with van der Waals surface area (Å²) in [5, 5.41) is 14.3. The topological polar surface area (TPSA) is 94.1 Å². The Morgan fingerprint density at radius 1 is 1.05 bits per heavy atom. The molecule has 2 aromatic rings. The van der Waals surface area contributed by atoms with E-state index in [9.17, 15) is 18.0 Å². The average Bonchev–Trinajstić information content (AvgIpc) is 2.97. The number of amides is 1. The monoisotopic (exact) mass is 617 g/mol. The van der Waals surface area contributed by atoms with Gasteiger partial charge in [-0.25, -0.2) is 5.48 Å². The number of nitrogens with zero attached hydrogens (tertiary/aromatic N) is 1. The van der Waals surface area contributed by atoms with Gasteiger partial charge >= 0.3 is 6.36 Å². The molecule has 0 atom stereocenters. The summed E-state index contributed by atoms with van der Waals surface area (Å²) in [5.41, 5.74) is 4.82. The van der Waals surface area contributed by atoms with E-state index in [1.165, 1.54) is 36.4 Å². The summed E-state index contributed by atoms with van der Waals surface area (Å²) >= 11 is 1.76. The van der Waals surface area contributed by atoms with Gasteiger partial charge in [-0.05, 0) is 61.4 Å². The smallest absolute Gasteiger partial charge is 0.406 e. The minimum atomic E-state index is -4.75. The quantitative estimate of drug-likeness (QED) is 0.152. The third-order valence-corrected chi connectivity index (χ3v) is 6.55. The van der Waals surface area contributed by atoms with Crippen molar-refractivity contribution in [2.45, 2.75) is 60.7 Å². The molecule has 0 spiro atoms. The molecule has 2 aromatic carbocycles. The summed E-state index contributed by atoms with van der Waals surface area (Å²) in [6.07, 6.45) is -0.860. The number of nitrogens with one attached hydrogen (secondary N) is 2. The van der Waals surface area contributed by atoms with Crippen LogP contribution in [0.15, 0.2) is 60.7 Å². The van der Waals surface area contributed by atoms with E-state index in [4.69, 9.17) is 10.3 Å². The summed E-state index contributed by atoms with van der Waals surface area (Å²) in [7, 11) is 2.43. The zero-order valence-electron chi connectivity index (χ0n) is 26.2. The Bertz CT molecular complexity index is 977. The zero-order chi connectivity index (χ0) is 32.6. The van der Waals surface area contributed by atoms with E-state index in [1.54, 1.807) is 22.3 Å². The molecule has 42 heavy (non-hydrogen) atoms. The molecule has 7 nitrogen and oxygen atoms in total. The molecular formula is C31H50F3N3O4S. The number of aliphatic hydroxyl groups is 1. The maximum Gasteiger partial charge on any atom is 0.573 e. The third kappa shape index (κ3) is 20.3. The molecule has 240 valence electrons. The van der Waals surface area contributed by atoms with Crippen molar-refractivity contribution in [1.29, 1.82) is 0 Å². The summed E-state index contributed by atoms with van der Waals surface area (Å²) in [4.78, 5) is 14.0. The zero-order valence-corrected chi connectivity index (χ0v) is 27.0. The molecule has 1 saturated heterocycles. The highest BCUT2D eigenvalue weighted by atomic mass is 32.2. The van der Waals surface area contributed by atoms with E-state index in [0.717, 1.165) is 38.3 Å². The maximum atomic E-state index is 12.3. The van der Waals surface area contributed by atoms with Crippen molar-refractivity contribution in [3.8, 4) is 5.75 Å². The van der Waals surface area contributed by atoms with Gasteiger partial charge in [-0.2, -0.15) is 0 Å². The number of rotatable bonds is 6. The van der Waals surface area contributed by atoms with Crippen molar-refractivity contribution in [2.75, 3.05) is 39.5 Å². The second-order valence-electron chi connectivity index (χ2n) is 9.52. The first-order chi connectivity index (χ1) is 19.8. The van der Waals surface area contributed by atoms with Crippen LogP contribution in [0, 0.1) is 5.41 Å². The Kier molecular flexibility index (Phi) is 23.7. The minimum absolute atomic E-state index is 0.206. The minimum Gasteiger partial charge on any atom is -0.406 e. The first-order valence-electron chi connectivity index (χ1n) is 13.8. The van der Waals surface area contributed by atoms with E-state index in [-0.39, 0.29) is 22.6 Å². The predicted molar refractivity (Wildman–Crippen MR) is 169 cm³/mol. The number of aliphatic hydroxyl groups excluding tert-OH is 1. The number of benzene rings is 2. The lowest BCUT2D eigenvalue weighted by Crippen LogP contribution is -2.41. The van der Waals surface area contributed by atoms with Gasteiger partial charge in [0.05, 0.1) is 0 Å². The molecule has 0 unspecified atom stereocenters. The molecule has 1 aliphatic rings. The summed E-state index contributed by atoms with van der Waals surface area (Å²) in [6, 6.07) is 15.6. The molecular weight excluding hydrogens is 567 g/mol. The summed E-state index contributed by atoms with van der Waals surface area (Å²) in [5.74, 6) is 0.539. The van der Waals surface area contributed by atoms with E-state index < -0.39 is 6.36 Å². The van der Waals surface area contributed by atoms with E-state index in [2.05, 4.69) is 81.3 Å². The Labute approximate surface area is 254 Å². The molecule has 0 saturated carbocycles. The molecule has 0 radical (unpaired) electrons. The highest BCUT2D eigenvalue weighted by Gasteiger charge is 2.32. The maximum absolute atomic E-state index is 12.3. The predicted octanol–water partition coefficient (Wildman–Crippen LogP) is 7.42. The number of piperidine rings is 1. The van der Waals surface area contributed by atoms with Crippen LogP contribution in [0.4, 0.5) is 13.2 Å². The Morgan fingerprint density at radius 3 is 2.00 bits per heavy atom. The van der Waals surface area contributed by atoms with Crippen molar-refractivity contribution in [3.05, 3.63) is 71.8 Å². The first kappa shape index (κ1) is 41.6. The van der Waals surface area contributed by atoms with Crippen molar-refractivity contribution < 1.29 is 33.0 Å². The van der Waals surface area contributed by atoms with Gasteiger partial charge in [0.25, 0.3) is 5.91 Å². The number of hydrogen-bond acceptors (Lipinski definition) is 7. The average molecular weight is 618 g/mol. The lowest BCUT2D eigenvalue weighted by atomic mass is 9.82. The summed E-state index contributed by atoms with van der Waals surface area (Å²) < 4.78 is 43.5. The molecule has 1 aliphatic heterocycles. The molecule has 0 aromatic heterocycles. The number of likely N-dealkylation sites (tertiary alicyclic amines) is 1. The largest absolute Gasteiger partial charge is 0.573 e. The second-order valence-corrected chi connectivity index (χ2v) is 10.7. The number of carbonyl (C=O) groups excluding carboxylic acids is 1. The van der Waals surface area contributed by atoms with Crippen LogP contribution in [0.2, 0.25) is 0 Å². The standard InChI is InChI=1S/C15H18F3NO2.C10H12.C4H11NS.CH5NO.CH4O/c1-14(2)6-8-19(9-7-14)13(20)11-4-3-5-12(10-11)21-15(16,17)18;1-3-9(2)10-7-5-4-6-8-10;1-3-5-6-4-2;1-2-3;1-2/h3-5,10H,6-9H2,1-2H3;3-8H,1-2H3;5H,3-4H2,1-2H3;2-3H,1H3;2H,1H3/b;9-3+;;;. The molecule has 3 rings (SSSR count).